The van der Waals surface area contributed by atoms with Crippen LogP contribution in [0.2, 0.25) is 0 Å². The molecule has 0 aliphatic heterocycles. The molecule has 1 fully saturated rings. The summed E-state index contributed by atoms with van der Waals surface area (Å²) in [4.78, 5) is 0. The van der Waals surface area contributed by atoms with Crippen LogP contribution in [0.15, 0.2) is 0 Å². The molecule has 8 heteroatoms. The Hall–Kier alpha value is -0.180. The van der Waals surface area contributed by atoms with Crippen LogP contribution >= 0.6 is 0 Å². The standard InChI is InChI=1S/C9H18O6S2/c1-3-16(10,11)14-7-9(5-6-9)8-15-17(12,13)4-2/h3-8H2,1-2H3. The fraction of sp³-hybridized carbons (Fsp3) is 1.00. The van der Waals surface area contributed by atoms with Crippen molar-refractivity contribution >= 4 is 20.2 Å². The SMILES string of the molecule is CCS(=O)(=O)OCC1(COS(=O)(=O)CC)CC1. The highest BCUT2D eigenvalue weighted by Crippen LogP contribution is 2.46. The zero-order valence-electron chi connectivity index (χ0n) is 10.0. The van der Waals surface area contributed by atoms with Crippen LogP contribution < -0.4 is 0 Å². The van der Waals surface area contributed by atoms with E-state index in [4.69, 9.17) is 8.37 Å². The molecule has 0 radical (unpaired) electrons. The van der Waals surface area contributed by atoms with E-state index in [0.29, 0.717) is 0 Å². The Labute approximate surface area is 103 Å². The van der Waals surface area contributed by atoms with Crippen LogP contribution in [0.5, 0.6) is 0 Å². The van der Waals surface area contributed by atoms with Gasteiger partial charge in [0.2, 0.25) is 0 Å². The van der Waals surface area contributed by atoms with E-state index < -0.39 is 25.7 Å². The quantitative estimate of drug-likeness (QED) is 0.604. The molecule has 0 aromatic rings. The average molecular weight is 286 g/mol. The first-order valence-corrected chi connectivity index (χ1v) is 8.64. The first kappa shape index (κ1) is 14.9. The maximum absolute atomic E-state index is 11.1. The maximum Gasteiger partial charge on any atom is 0.267 e. The van der Waals surface area contributed by atoms with Gasteiger partial charge in [0.15, 0.2) is 0 Å². The Morgan fingerprint density at radius 1 is 0.882 bits per heavy atom. The lowest BCUT2D eigenvalue weighted by atomic mass is 10.1. The molecule has 1 aliphatic carbocycles. The normalized spacial score (nSPS) is 19.2. The molecule has 0 N–H and O–H groups in total. The van der Waals surface area contributed by atoms with Crippen LogP contribution in [0.1, 0.15) is 26.7 Å². The summed E-state index contributed by atoms with van der Waals surface area (Å²) < 4.78 is 54.2. The minimum Gasteiger partial charge on any atom is -0.269 e. The van der Waals surface area contributed by atoms with Crippen LogP contribution in [-0.4, -0.2) is 41.6 Å². The Bertz CT molecular complexity index is 406. The fourth-order valence-corrected chi connectivity index (χ4v) is 2.30. The van der Waals surface area contributed by atoms with Crippen molar-refractivity contribution in [3.05, 3.63) is 0 Å². The molecule has 17 heavy (non-hydrogen) atoms. The van der Waals surface area contributed by atoms with Gasteiger partial charge in [0.25, 0.3) is 20.2 Å². The summed E-state index contributed by atoms with van der Waals surface area (Å²) in [6.45, 7) is 2.99. The predicted molar refractivity (Wildman–Crippen MR) is 62.5 cm³/mol. The number of hydrogen-bond acceptors (Lipinski definition) is 6. The zero-order chi connectivity index (χ0) is 13.2. The largest absolute Gasteiger partial charge is 0.269 e. The smallest absolute Gasteiger partial charge is 0.267 e. The third-order valence-corrected chi connectivity index (χ3v) is 5.12. The van der Waals surface area contributed by atoms with Crippen molar-refractivity contribution in [1.82, 2.24) is 0 Å². The van der Waals surface area contributed by atoms with Crippen LogP contribution in [-0.2, 0) is 28.6 Å². The molecule has 0 unspecified atom stereocenters. The van der Waals surface area contributed by atoms with Gasteiger partial charge in [0.05, 0.1) is 24.7 Å². The summed E-state index contributed by atoms with van der Waals surface area (Å²) >= 11 is 0. The number of hydrogen-bond donors (Lipinski definition) is 0. The minimum absolute atomic E-state index is 0.00239. The molecule has 1 saturated carbocycles. The molecule has 0 aromatic heterocycles. The zero-order valence-corrected chi connectivity index (χ0v) is 11.6. The van der Waals surface area contributed by atoms with Gasteiger partial charge < -0.3 is 0 Å². The maximum atomic E-state index is 11.1. The molecule has 0 aromatic carbocycles. The van der Waals surface area contributed by atoms with Crippen molar-refractivity contribution in [2.75, 3.05) is 24.7 Å². The Kier molecular flexibility index (Phi) is 4.56. The van der Waals surface area contributed by atoms with Gasteiger partial charge in [-0.3, -0.25) is 8.37 Å². The highest BCUT2D eigenvalue weighted by atomic mass is 32.2. The molecule has 0 amide bonds. The Balaban J connectivity index is 2.44. The van der Waals surface area contributed by atoms with Crippen LogP contribution in [0.25, 0.3) is 0 Å². The van der Waals surface area contributed by atoms with Crippen LogP contribution in [0, 0.1) is 5.41 Å². The molecule has 0 heterocycles. The van der Waals surface area contributed by atoms with E-state index in [2.05, 4.69) is 0 Å². The lowest BCUT2D eigenvalue weighted by Crippen LogP contribution is -2.23. The Morgan fingerprint density at radius 2 is 1.24 bits per heavy atom. The van der Waals surface area contributed by atoms with E-state index in [9.17, 15) is 16.8 Å². The summed E-state index contributed by atoms with van der Waals surface area (Å²) in [6, 6.07) is 0. The molecule has 102 valence electrons. The van der Waals surface area contributed by atoms with Gasteiger partial charge in [-0.1, -0.05) is 0 Å². The predicted octanol–water partition coefficient (Wildman–Crippen LogP) is 0.499. The van der Waals surface area contributed by atoms with E-state index in [1.165, 1.54) is 13.8 Å². The fourth-order valence-electron chi connectivity index (χ4n) is 1.10. The van der Waals surface area contributed by atoms with Crippen molar-refractivity contribution in [2.24, 2.45) is 5.41 Å². The lowest BCUT2D eigenvalue weighted by Gasteiger charge is -2.14. The summed E-state index contributed by atoms with van der Waals surface area (Å²) in [5.41, 5.74) is -0.440. The van der Waals surface area contributed by atoms with Crippen molar-refractivity contribution in [1.29, 1.82) is 0 Å². The third-order valence-electron chi connectivity index (χ3n) is 2.75. The molecule has 0 bridgehead atoms. The summed E-state index contributed by atoms with van der Waals surface area (Å²) in [7, 11) is -6.95. The van der Waals surface area contributed by atoms with Crippen molar-refractivity contribution in [2.45, 2.75) is 26.7 Å². The first-order chi connectivity index (χ1) is 7.74. The summed E-state index contributed by atoms with van der Waals surface area (Å²) in [6.07, 6.45) is 1.46. The van der Waals surface area contributed by atoms with Gasteiger partial charge in [-0.25, -0.2) is 0 Å². The first-order valence-electron chi connectivity index (χ1n) is 5.48. The average Bonchev–Trinajstić information content (AvgIpc) is 3.05. The molecule has 0 atom stereocenters. The summed E-state index contributed by atoms with van der Waals surface area (Å²) in [5, 5.41) is 0. The van der Waals surface area contributed by atoms with Crippen molar-refractivity contribution < 1.29 is 25.2 Å². The van der Waals surface area contributed by atoms with Crippen molar-refractivity contribution in [3.8, 4) is 0 Å². The van der Waals surface area contributed by atoms with E-state index in [1.807, 2.05) is 0 Å². The van der Waals surface area contributed by atoms with Gasteiger partial charge in [-0.15, -0.1) is 0 Å². The molecule has 6 nitrogen and oxygen atoms in total. The van der Waals surface area contributed by atoms with E-state index in [0.717, 1.165) is 12.8 Å². The van der Waals surface area contributed by atoms with Crippen molar-refractivity contribution in [3.63, 3.8) is 0 Å². The molecule has 1 aliphatic rings. The van der Waals surface area contributed by atoms with Crippen LogP contribution in [0.4, 0.5) is 0 Å². The minimum atomic E-state index is -3.48. The second-order valence-corrected chi connectivity index (χ2v) is 8.07. The second-order valence-electron chi connectivity index (χ2n) is 4.22. The third kappa shape index (κ3) is 4.90. The van der Waals surface area contributed by atoms with Gasteiger partial charge in [-0.2, -0.15) is 16.8 Å². The van der Waals surface area contributed by atoms with Gasteiger partial charge >= 0.3 is 0 Å². The van der Waals surface area contributed by atoms with E-state index in [-0.39, 0.29) is 24.7 Å². The monoisotopic (exact) mass is 286 g/mol. The number of rotatable bonds is 8. The molecular weight excluding hydrogens is 268 g/mol. The molecule has 0 spiro atoms. The van der Waals surface area contributed by atoms with E-state index >= 15 is 0 Å². The highest BCUT2D eigenvalue weighted by molar-refractivity contribution is 7.86. The van der Waals surface area contributed by atoms with Crippen LogP contribution in [0.3, 0.4) is 0 Å². The topological polar surface area (TPSA) is 86.7 Å². The van der Waals surface area contributed by atoms with Gasteiger partial charge in [-0.05, 0) is 26.7 Å². The highest BCUT2D eigenvalue weighted by Gasteiger charge is 2.45. The molecular formula is C9H18O6S2. The molecule has 0 saturated heterocycles. The van der Waals surface area contributed by atoms with E-state index in [1.54, 1.807) is 0 Å². The lowest BCUT2D eigenvalue weighted by molar-refractivity contribution is 0.168. The Morgan fingerprint density at radius 3 is 1.47 bits per heavy atom. The second kappa shape index (κ2) is 5.21. The van der Waals surface area contributed by atoms with Gasteiger partial charge in [0.1, 0.15) is 0 Å². The molecule has 1 rings (SSSR count). The van der Waals surface area contributed by atoms with Gasteiger partial charge in [0, 0.05) is 5.41 Å². The summed E-state index contributed by atoms with van der Waals surface area (Å²) in [5.74, 6) is -0.172.